The van der Waals surface area contributed by atoms with E-state index in [0.29, 0.717) is 5.56 Å². The zero-order valence-corrected chi connectivity index (χ0v) is 14.9. The molecule has 0 aliphatic carbocycles. The van der Waals surface area contributed by atoms with Crippen molar-refractivity contribution >= 4 is 23.4 Å². The summed E-state index contributed by atoms with van der Waals surface area (Å²) in [5.41, 5.74) is 0.458. The third-order valence-electron chi connectivity index (χ3n) is 5.18. The molecule has 1 saturated heterocycles. The molecule has 1 aliphatic rings. The molecule has 0 unspecified atom stereocenters. The zero-order valence-electron chi connectivity index (χ0n) is 19.9. The van der Waals surface area contributed by atoms with E-state index in [1.54, 1.807) is 0 Å². The van der Waals surface area contributed by atoms with Gasteiger partial charge in [0.25, 0.3) is 0 Å². The smallest absolute Gasteiger partial charge is 0.399 e. The van der Waals surface area contributed by atoms with E-state index in [9.17, 15) is 0 Å². The first kappa shape index (κ1) is 11.5. The van der Waals surface area contributed by atoms with Gasteiger partial charge in [0.1, 0.15) is 0 Å². The second-order valence-electron chi connectivity index (χ2n) is 7.38. The van der Waals surface area contributed by atoms with E-state index >= 15 is 0 Å². The first-order valence-electron chi connectivity index (χ1n) is 10.9. The van der Waals surface area contributed by atoms with Gasteiger partial charge in [-0.15, -0.1) is 0 Å². The molecule has 1 aliphatic heterocycles. The van der Waals surface area contributed by atoms with Gasteiger partial charge in [-0.05, 0) is 55.1 Å². The Balaban J connectivity index is 1.99. The van der Waals surface area contributed by atoms with Crippen LogP contribution >= 0.6 is 0 Å². The Bertz CT molecular complexity index is 1130. The number of hydrogen-bond donors (Lipinski definition) is 0. The summed E-state index contributed by atoms with van der Waals surface area (Å²) in [6, 6.07) is 9.83. The molecule has 0 bridgehead atoms. The number of rotatable bonds is 2. The van der Waals surface area contributed by atoms with Crippen LogP contribution in [-0.2, 0) is 9.31 Å². The van der Waals surface area contributed by atoms with Gasteiger partial charge in [-0.25, -0.2) is 0 Å². The minimum absolute atomic E-state index is 0.176. The second kappa shape index (κ2) is 5.72. The molecule has 2 nitrogen and oxygen atoms in total. The van der Waals surface area contributed by atoms with Crippen molar-refractivity contribution in [2.45, 2.75) is 38.9 Å². The van der Waals surface area contributed by atoms with E-state index < -0.39 is 24.4 Å². The molecule has 1 heterocycles. The largest absolute Gasteiger partial charge is 0.494 e. The molecule has 0 atom stereocenters. The second-order valence-corrected chi connectivity index (χ2v) is 7.38. The molecule has 0 spiro atoms. The lowest BCUT2D eigenvalue weighted by atomic mass is 9.76. The summed E-state index contributed by atoms with van der Waals surface area (Å²) in [6.45, 7) is 7.91. The maximum atomic E-state index is 8.42. The molecule has 0 aromatic heterocycles. The van der Waals surface area contributed by atoms with Crippen LogP contribution in [0.3, 0.4) is 0 Å². The van der Waals surface area contributed by atoms with Gasteiger partial charge >= 0.3 is 7.12 Å². The van der Waals surface area contributed by atoms with Crippen LogP contribution in [0.2, 0.25) is 0 Å². The molecule has 0 amide bonds. The van der Waals surface area contributed by atoms with Gasteiger partial charge < -0.3 is 9.31 Å². The third kappa shape index (κ3) is 2.78. The topological polar surface area (TPSA) is 18.5 Å². The SMILES string of the molecule is [2H]c1c([2H])c([2H])c(-c2cc(B3OC(C)(C)C(C)(C)O3)cc3ccccc23)c([2H])c1[2H]. The predicted octanol–water partition coefficient (Wildman–Crippen LogP) is 4.81. The van der Waals surface area contributed by atoms with E-state index in [-0.39, 0.29) is 29.7 Å². The van der Waals surface area contributed by atoms with Crippen LogP contribution in [0.5, 0.6) is 0 Å². The molecule has 3 heteroatoms. The lowest BCUT2D eigenvalue weighted by Crippen LogP contribution is -2.41. The molecule has 126 valence electrons. The minimum Gasteiger partial charge on any atom is -0.399 e. The van der Waals surface area contributed by atoms with Gasteiger partial charge in [-0.2, -0.15) is 0 Å². The standard InChI is InChI=1S/C22H23BO2/c1-21(2)22(3,4)25-23(24-21)18-14-17-12-8-9-13-19(17)20(15-18)16-10-6-5-7-11-16/h5-15H,1-4H3/i5D,6D,7D,10D,11D. The van der Waals surface area contributed by atoms with Crippen LogP contribution in [0.1, 0.15) is 34.5 Å². The molecule has 0 radical (unpaired) electrons. The van der Waals surface area contributed by atoms with Gasteiger partial charge in [-0.3, -0.25) is 0 Å². The lowest BCUT2D eigenvalue weighted by molar-refractivity contribution is 0.00578. The van der Waals surface area contributed by atoms with Gasteiger partial charge in [0.2, 0.25) is 0 Å². The van der Waals surface area contributed by atoms with Gasteiger partial charge in [0.05, 0.1) is 18.1 Å². The fraction of sp³-hybridized carbons (Fsp3) is 0.273. The van der Waals surface area contributed by atoms with Gasteiger partial charge in [-0.1, -0.05) is 66.6 Å². The van der Waals surface area contributed by atoms with Crippen molar-refractivity contribution in [1.82, 2.24) is 0 Å². The Morgan fingerprint density at radius 3 is 2.20 bits per heavy atom. The van der Waals surface area contributed by atoms with Gasteiger partial charge in [0.15, 0.2) is 0 Å². The van der Waals surface area contributed by atoms with E-state index in [1.165, 1.54) is 0 Å². The molecule has 1 fully saturated rings. The molecule has 0 saturated carbocycles. The molecule has 3 aromatic rings. The molecular weight excluding hydrogens is 307 g/mol. The minimum atomic E-state index is -0.622. The number of benzene rings is 3. The maximum Gasteiger partial charge on any atom is 0.494 e. The molecular formula is C22H23BO2. The van der Waals surface area contributed by atoms with Crippen LogP contribution in [-0.4, -0.2) is 18.3 Å². The van der Waals surface area contributed by atoms with Crippen molar-refractivity contribution in [2.75, 3.05) is 0 Å². The van der Waals surface area contributed by atoms with Crippen LogP contribution in [0.15, 0.2) is 66.6 Å². The predicted molar refractivity (Wildman–Crippen MR) is 105 cm³/mol. The summed E-state index contributed by atoms with van der Waals surface area (Å²) in [7, 11) is -0.622. The molecule has 3 aromatic carbocycles. The highest BCUT2D eigenvalue weighted by Crippen LogP contribution is 2.37. The Morgan fingerprint density at radius 1 is 0.880 bits per heavy atom. The van der Waals surface area contributed by atoms with Crippen molar-refractivity contribution < 1.29 is 16.2 Å². The average molecular weight is 335 g/mol. The Labute approximate surface area is 156 Å². The summed E-state index contributed by atoms with van der Waals surface area (Å²) < 4.78 is 53.2. The average Bonchev–Trinajstić information content (AvgIpc) is 2.92. The molecule has 4 rings (SSSR count). The van der Waals surface area contributed by atoms with Crippen molar-refractivity contribution in [3.8, 4) is 11.1 Å². The lowest BCUT2D eigenvalue weighted by Gasteiger charge is -2.32. The highest BCUT2D eigenvalue weighted by molar-refractivity contribution is 6.62. The van der Waals surface area contributed by atoms with Crippen LogP contribution < -0.4 is 5.46 Å². The monoisotopic (exact) mass is 335 g/mol. The van der Waals surface area contributed by atoms with Crippen LogP contribution in [0.4, 0.5) is 0 Å². The summed E-state index contributed by atoms with van der Waals surface area (Å²) in [6.07, 6.45) is 0. The molecule has 25 heavy (non-hydrogen) atoms. The summed E-state index contributed by atoms with van der Waals surface area (Å²) >= 11 is 0. The van der Waals surface area contributed by atoms with Crippen molar-refractivity contribution in [3.63, 3.8) is 0 Å². The normalized spacial score (nSPS) is 21.4. The summed E-state index contributed by atoms with van der Waals surface area (Å²) in [5.74, 6) is 0. The highest BCUT2D eigenvalue weighted by Gasteiger charge is 2.51. The van der Waals surface area contributed by atoms with Crippen LogP contribution in [0.25, 0.3) is 21.9 Å². The third-order valence-corrected chi connectivity index (χ3v) is 5.18. The van der Waals surface area contributed by atoms with E-state index in [4.69, 9.17) is 16.2 Å². The Hall–Kier alpha value is -2.10. The van der Waals surface area contributed by atoms with Gasteiger partial charge in [0, 0.05) is 0 Å². The highest BCUT2D eigenvalue weighted by atomic mass is 16.7. The zero-order chi connectivity index (χ0) is 22.0. The fourth-order valence-corrected chi connectivity index (χ4v) is 3.04. The number of hydrogen-bond acceptors (Lipinski definition) is 2. The summed E-state index contributed by atoms with van der Waals surface area (Å²) in [4.78, 5) is 0. The Kier molecular flexibility index (Phi) is 2.63. The van der Waals surface area contributed by atoms with Crippen molar-refractivity contribution in [2.24, 2.45) is 0 Å². The first-order chi connectivity index (χ1) is 13.9. The maximum absolute atomic E-state index is 8.42. The van der Waals surface area contributed by atoms with E-state index in [0.717, 1.165) is 16.2 Å². The fourth-order valence-electron chi connectivity index (χ4n) is 3.04. The van der Waals surface area contributed by atoms with Crippen molar-refractivity contribution in [3.05, 3.63) is 66.6 Å². The Morgan fingerprint density at radius 2 is 1.52 bits per heavy atom. The first-order valence-corrected chi connectivity index (χ1v) is 8.40. The quantitative estimate of drug-likeness (QED) is 0.626. The van der Waals surface area contributed by atoms with Crippen molar-refractivity contribution in [1.29, 1.82) is 0 Å². The van der Waals surface area contributed by atoms with E-state index in [2.05, 4.69) is 0 Å². The molecule has 0 N–H and O–H groups in total. The summed E-state index contributed by atoms with van der Waals surface area (Å²) in [5, 5.41) is 1.68. The van der Waals surface area contributed by atoms with E-state index in [1.807, 2.05) is 64.1 Å². The number of fused-ring (bicyclic) bond motifs is 1. The van der Waals surface area contributed by atoms with Crippen LogP contribution in [0, 0.1) is 0 Å².